The lowest BCUT2D eigenvalue weighted by Gasteiger charge is -2.24. The standard InChI is InChI=1S/C26H36N2O3/c1-3-5-7-8-10-20-11-16-24-22(18-20)19-27-25(28-24)21-12-14-23(15-13-21)31-26(29)30-17-9-6-4-2/h12-15,19-20H,3-11,16-18H2,1-2H3. The third-order valence-corrected chi connectivity index (χ3v) is 6.00. The molecule has 1 atom stereocenters. The summed E-state index contributed by atoms with van der Waals surface area (Å²) >= 11 is 0. The summed E-state index contributed by atoms with van der Waals surface area (Å²) in [6.07, 6.45) is 14.4. The molecule has 0 fully saturated rings. The highest BCUT2D eigenvalue weighted by molar-refractivity contribution is 5.65. The van der Waals surface area contributed by atoms with Gasteiger partial charge in [-0.1, -0.05) is 58.8 Å². The quantitative estimate of drug-likeness (QED) is 0.222. The highest BCUT2D eigenvalue weighted by atomic mass is 16.7. The maximum atomic E-state index is 11.7. The van der Waals surface area contributed by atoms with Gasteiger partial charge in [-0.25, -0.2) is 14.8 Å². The van der Waals surface area contributed by atoms with Gasteiger partial charge in [-0.15, -0.1) is 0 Å². The van der Waals surface area contributed by atoms with E-state index in [1.54, 1.807) is 12.1 Å². The lowest BCUT2D eigenvalue weighted by atomic mass is 9.84. The first-order valence-electron chi connectivity index (χ1n) is 12.0. The Labute approximate surface area is 186 Å². The number of ether oxygens (including phenoxy) is 2. The van der Waals surface area contributed by atoms with E-state index in [9.17, 15) is 4.79 Å². The molecule has 1 aliphatic rings. The number of rotatable bonds is 11. The highest BCUT2D eigenvalue weighted by Gasteiger charge is 2.20. The van der Waals surface area contributed by atoms with Crippen LogP contribution in [0, 0.1) is 5.92 Å². The smallest absolute Gasteiger partial charge is 0.434 e. The number of carbonyl (C=O) groups is 1. The Hall–Kier alpha value is -2.43. The molecule has 168 valence electrons. The normalized spacial score (nSPS) is 15.4. The van der Waals surface area contributed by atoms with Crippen molar-refractivity contribution in [2.24, 2.45) is 5.92 Å². The fourth-order valence-electron chi connectivity index (χ4n) is 4.13. The first-order valence-corrected chi connectivity index (χ1v) is 12.0. The fraction of sp³-hybridized carbons (Fsp3) is 0.577. The van der Waals surface area contributed by atoms with Crippen LogP contribution in [-0.2, 0) is 17.6 Å². The van der Waals surface area contributed by atoms with Crippen molar-refractivity contribution in [2.45, 2.75) is 84.5 Å². The first-order chi connectivity index (χ1) is 15.2. The van der Waals surface area contributed by atoms with E-state index < -0.39 is 6.16 Å². The van der Waals surface area contributed by atoms with Gasteiger partial charge in [0.15, 0.2) is 5.82 Å². The zero-order valence-corrected chi connectivity index (χ0v) is 19.1. The number of aromatic nitrogens is 2. The molecule has 0 amide bonds. The van der Waals surface area contributed by atoms with E-state index >= 15 is 0 Å². The van der Waals surface area contributed by atoms with Gasteiger partial charge in [-0.2, -0.15) is 0 Å². The zero-order chi connectivity index (χ0) is 21.9. The van der Waals surface area contributed by atoms with Crippen LogP contribution in [0.15, 0.2) is 30.5 Å². The molecule has 0 radical (unpaired) electrons. The van der Waals surface area contributed by atoms with Crippen LogP contribution in [0.5, 0.6) is 5.75 Å². The molecule has 0 N–H and O–H groups in total. The molecule has 0 spiro atoms. The Kier molecular flexibility index (Phi) is 9.32. The van der Waals surface area contributed by atoms with Crippen LogP contribution in [0.25, 0.3) is 11.4 Å². The summed E-state index contributed by atoms with van der Waals surface area (Å²) in [5.74, 6) is 1.97. The molecule has 1 heterocycles. The maximum Gasteiger partial charge on any atom is 0.513 e. The van der Waals surface area contributed by atoms with Crippen LogP contribution in [0.3, 0.4) is 0 Å². The van der Waals surface area contributed by atoms with Crippen molar-refractivity contribution in [3.8, 4) is 17.1 Å². The maximum absolute atomic E-state index is 11.7. The van der Waals surface area contributed by atoms with E-state index in [-0.39, 0.29) is 0 Å². The van der Waals surface area contributed by atoms with Crippen molar-refractivity contribution < 1.29 is 14.3 Å². The summed E-state index contributed by atoms with van der Waals surface area (Å²) in [5, 5.41) is 0. The number of benzene rings is 1. The van der Waals surface area contributed by atoms with E-state index in [1.165, 1.54) is 49.8 Å². The minimum atomic E-state index is -0.655. The summed E-state index contributed by atoms with van der Waals surface area (Å²) in [6, 6.07) is 7.30. The minimum absolute atomic E-state index is 0.396. The molecule has 1 aliphatic carbocycles. The molecule has 3 rings (SSSR count). The number of fused-ring (bicyclic) bond motifs is 1. The molecular weight excluding hydrogens is 388 g/mol. The molecule has 31 heavy (non-hydrogen) atoms. The molecule has 0 bridgehead atoms. The molecule has 0 saturated heterocycles. The zero-order valence-electron chi connectivity index (χ0n) is 19.1. The van der Waals surface area contributed by atoms with E-state index in [0.29, 0.717) is 12.4 Å². The van der Waals surface area contributed by atoms with E-state index in [2.05, 4.69) is 18.8 Å². The topological polar surface area (TPSA) is 61.3 Å². The van der Waals surface area contributed by atoms with Gasteiger partial charge in [0, 0.05) is 17.5 Å². The average Bonchev–Trinajstić information content (AvgIpc) is 2.80. The molecule has 2 aromatic rings. The monoisotopic (exact) mass is 424 g/mol. The molecular formula is C26H36N2O3. The van der Waals surface area contributed by atoms with Crippen molar-refractivity contribution in [3.05, 3.63) is 41.7 Å². The minimum Gasteiger partial charge on any atom is -0.434 e. The summed E-state index contributed by atoms with van der Waals surface area (Å²) in [5.41, 5.74) is 3.42. The summed E-state index contributed by atoms with van der Waals surface area (Å²) in [6.45, 7) is 4.77. The van der Waals surface area contributed by atoms with Gasteiger partial charge in [0.25, 0.3) is 0 Å². The van der Waals surface area contributed by atoms with Crippen LogP contribution >= 0.6 is 0 Å². The largest absolute Gasteiger partial charge is 0.513 e. The van der Waals surface area contributed by atoms with Crippen molar-refractivity contribution in [1.29, 1.82) is 0 Å². The summed E-state index contributed by atoms with van der Waals surface area (Å²) in [4.78, 5) is 21.2. The Morgan fingerprint density at radius 2 is 1.81 bits per heavy atom. The SMILES string of the molecule is CCCCCCC1CCc2nc(-c3ccc(OC(=O)OCCCCC)cc3)ncc2C1. The highest BCUT2D eigenvalue weighted by Crippen LogP contribution is 2.29. The number of unbranched alkanes of at least 4 members (excludes halogenated alkanes) is 5. The van der Waals surface area contributed by atoms with Gasteiger partial charge < -0.3 is 9.47 Å². The van der Waals surface area contributed by atoms with Crippen LogP contribution in [-0.4, -0.2) is 22.7 Å². The van der Waals surface area contributed by atoms with Crippen molar-refractivity contribution >= 4 is 6.16 Å². The van der Waals surface area contributed by atoms with Gasteiger partial charge in [-0.05, 0) is 61.4 Å². The van der Waals surface area contributed by atoms with Crippen molar-refractivity contribution in [3.63, 3.8) is 0 Å². The Morgan fingerprint density at radius 3 is 2.58 bits per heavy atom. The predicted molar refractivity (Wildman–Crippen MR) is 123 cm³/mol. The van der Waals surface area contributed by atoms with Crippen molar-refractivity contribution in [1.82, 2.24) is 9.97 Å². The molecule has 1 aromatic heterocycles. The van der Waals surface area contributed by atoms with Crippen LogP contribution < -0.4 is 4.74 Å². The number of hydrogen-bond donors (Lipinski definition) is 0. The number of hydrogen-bond acceptors (Lipinski definition) is 5. The van der Waals surface area contributed by atoms with Crippen LogP contribution in [0.4, 0.5) is 4.79 Å². The van der Waals surface area contributed by atoms with Gasteiger partial charge in [0.1, 0.15) is 5.75 Å². The van der Waals surface area contributed by atoms with Crippen LogP contribution in [0.1, 0.15) is 82.9 Å². The van der Waals surface area contributed by atoms with E-state index in [4.69, 9.17) is 14.5 Å². The molecule has 0 aliphatic heterocycles. The van der Waals surface area contributed by atoms with E-state index in [0.717, 1.165) is 49.4 Å². The van der Waals surface area contributed by atoms with Crippen molar-refractivity contribution in [2.75, 3.05) is 6.61 Å². The average molecular weight is 425 g/mol. The van der Waals surface area contributed by atoms with Gasteiger partial charge in [0.05, 0.1) is 6.61 Å². The summed E-state index contributed by atoms with van der Waals surface area (Å²) < 4.78 is 10.3. The van der Waals surface area contributed by atoms with E-state index in [1.807, 2.05) is 18.3 Å². The first kappa shape index (κ1) is 23.2. The summed E-state index contributed by atoms with van der Waals surface area (Å²) in [7, 11) is 0. The Bertz CT molecular complexity index is 820. The number of carbonyl (C=O) groups excluding carboxylic acids is 1. The lowest BCUT2D eigenvalue weighted by Crippen LogP contribution is -2.16. The second-order valence-electron chi connectivity index (χ2n) is 8.56. The Morgan fingerprint density at radius 1 is 1.03 bits per heavy atom. The second kappa shape index (κ2) is 12.4. The van der Waals surface area contributed by atoms with Gasteiger partial charge >= 0.3 is 6.16 Å². The molecule has 1 unspecified atom stereocenters. The van der Waals surface area contributed by atoms with Crippen LogP contribution in [0.2, 0.25) is 0 Å². The second-order valence-corrected chi connectivity index (χ2v) is 8.56. The fourth-order valence-corrected chi connectivity index (χ4v) is 4.13. The molecule has 5 heteroatoms. The third kappa shape index (κ3) is 7.34. The lowest BCUT2D eigenvalue weighted by molar-refractivity contribution is 0.0974. The molecule has 5 nitrogen and oxygen atoms in total. The Balaban J connectivity index is 1.52. The number of nitrogens with zero attached hydrogens (tertiary/aromatic N) is 2. The predicted octanol–water partition coefficient (Wildman–Crippen LogP) is 6.92. The number of aryl methyl sites for hydroxylation is 1. The van der Waals surface area contributed by atoms with Gasteiger partial charge in [0.2, 0.25) is 0 Å². The third-order valence-electron chi connectivity index (χ3n) is 6.00. The molecule has 0 saturated carbocycles. The van der Waals surface area contributed by atoms with Gasteiger partial charge in [-0.3, -0.25) is 0 Å². The molecule has 1 aromatic carbocycles.